The van der Waals surface area contributed by atoms with E-state index in [0.29, 0.717) is 17.1 Å². The van der Waals surface area contributed by atoms with Crippen LogP contribution in [0.3, 0.4) is 0 Å². The Labute approximate surface area is 111 Å². The number of hydrogen-bond acceptors (Lipinski definition) is 4. The van der Waals surface area contributed by atoms with Crippen molar-refractivity contribution in [3.8, 4) is 5.75 Å². The Hall–Kier alpha value is -2.08. The van der Waals surface area contributed by atoms with Crippen LogP contribution in [0.25, 0.3) is 0 Å². The van der Waals surface area contributed by atoms with E-state index in [0.717, 1.165) is 16.4 Å². The molecule has 0 spiro atoms. The lowest BCUT2D eigenvalue weighted by Crippen LogP contribution is -3.00. The topological polar surface area (TPSA) is 49.2 Å². The molecule has 1 aliphatic rings. The molecule has 0 bridgehead atoms. The molecular formula is C14H13N2O3. The molecule has 97 valence electrons. The molecule has 1 heterocycles. The van der Waals surface area contributed by atoms with E-state index in [1.807, 2.05) is 32.0 Å². The maximum absolute atomic E-state index is 11.7. The van der Waals surface area contributed by atoms with Crippen molar-refractivity contribution in [3.63, 3.8) is 0 Å². The molecule has 1 N–H and O–H groups in total. The van der Waals surface area contributed by atoms with Gasteiger partial charge in [0.2, 0.25) is 0 Å². The van der Waals surface area contributed by atoms with Gasteiger partial charge in [0.05, 0.1) is 0 Å². The van der Waals surface area contributed by atoms with Crippen molar-refractivity contribution in [2.75, 3.05) is 5.23 Å². The number of hydrogen-bond donors (Lipinski definition) is 1. The number of nitrogens with zero attached hydrogens (tertiary/aromatic N) is 1. The zero-order chi connectivity index (χ0) is 13.4. The summed E-state index contributed by atoms with van der Waals surface area (Å²) >= 11 is 0. The summed E-state index contributed by atoms with van der Waals surface area (Å²) in [5.41, 5.74) is 3.16. The summed E-state index contributed by atoms with van der Waals surface area (Å²) in [6, 6.07) is 13.6. The number of quaternary nitrogens is 1. The van der Waals surface area contributed by atoms with Gasteiger partial charge in [0.15, 0.2) is 17.1 Å². The lowest BCUT2D eigenvalue weighted by molar-refractivity contribution is -0.995. The van der Waals surface area contributed by atoms with Crippen LogP contribution < -0.4 is 15.3 Å². The first-order valence-electron chi connectivity index (χ1n) is 5.93. The minimum Gasteiger partial charge on any atom is -0.593 e. The molecule has 1 unspecified atom stereocenters. The number of fused-ring (bicyclic) bond motifs is 1. The van der Waals surface area contributed by atoms with E-state index in [-0.39, 0.29) is 0 Å². The molecule has 5 heteroatoms. The monoisotopic (exact) mass is 257 g/mol. The molecule has 0 amide bonds. The summed E-state index contributed by atoms with van der Waals surface area (Å²) in [5, 5.41) is 12.4. The quantitative estimate of drug-likeness (QED) is 0.833. The van der Waals surface area contributed by atoms with Crippen molar-refractivity contribution < 1.29 is 15.0 Å². The summed E-state index contributed by atoms with van der Waals surface area (Å²) in [4.78, 5) is 10.7. The highest BCUT2D eigenvalue weighted by Gasteiger charge is 2.30. The summed E-state index contributed by atoms with van der Waals surface area (Å²) in [5.74, 6) is 0.657. The summed E-state index contributed by atoms with van der Waals surface area (Å²) < 4.78 is 0. The number of anilines is 1. The molecule has 1 radical (unpaired) electrons. The Balaban J connectivity index is 1.91. The van der Waals surface area contributed by atoms with Gasteiger partial charge >= 0.3 is 0 Å². The average molecular weight is 257 g/mol. The molecule has 1 aliphatic heterocycles. The molecule has 3 rings (SSSR count). The third-order valence-electron chi connectivity index (χ3n) is 3.16. The minimum absolute atomic E-state index is 0.422. The lowest BCUT2D eigenvalue weighted by atomic mass is 10.1. The van der Waals surface area contributed by atoms with Crippen LogP contribution in [0.4, 0.5) is 11.4 Å². The van der Waals surface area contributed by atoms with E-state index in [1.54, 1.807) is 18.2 Å². The van der Waals surface area contributed by atoms with Crippen LogP contribution in [0.2, 0.25) is 0 Å². The van der Waals surface area contributed by atoms with E-state index in [4.69, 9.17) is 9.78 Å². The van der Waals surface area contributed by atoms with Crippen LogP contribution in [-0.4, -0.2) is 0 Å². The van der Waals surface area contributed by atoms with Crippen LogP contribution in [0.1, 0.15) is 11.1 Å². The zero-order valence-electron chi connectivity index (χ0n) is 10.6. The highest BCUT2D eigenvalue weighted by molar-refractivity contribution is 5.61. The van der Waals surface area contributed by atoms with Gasteiger partial charge in [-0.05, 0) is 59.4 Å². The van der Waals surface area contributed by atoms with Gasteiger partial charge in [0, 0.05) is 6.07 Å². The first-order valence-corrected chi connectivity index (χ1v) is 5.93. The zero-order valence-corrected chi connectivity index (χ0v) is 10.6. The van der Waals surface area contributed by atoms with Crippen LogP contribution in [0.15, 0.2) is 36.4 Å². The molecular weight excluding hydrogens is 244 g/mol. The van der Waals surface area contributed by atoms with Crippen molar-refractivity contribution in [3.05, 3.63) is 58.8 Å². The molecule has 0 saturated carbocycles. The van der Waals surface area contributed by atoms with Gasteiger partial charge in [-0.25, -0.2) is 0 Å². The van der Waals surface area contributed by atoms with Gasteiger partial charge in [-0.1, -0.05) is 12.1 Å². The van der Waals surface area contributed by atoms with Gasteiger partial charge in [-0.3, -0.25) is 0 Å². The molecule has 0 fully saturated rings. The van der Waals surface area contributed by atoms with Crippen molar-refractivity contribution in [1.82, 2.24) is 0 Å². The predicted molar refractivity (Wildman–Crippen MR) is 69.4 cm³/mol. The molecule has 0 saturated heterocycles. The third kappa shape index (κ3) is 2.04. The highest BCUT2D eigenvalue weighted by Crippen LogP contribution is 2.29. The standard InChI is InChI=1S/C14H13N2O3/c1-10-6-5-9-14(11(10)2)18-16-13-8-4-3-7-12(13)15(17)19-16/h3,5-9,15H,1-2H3. The van der Waals surface area contributed by atoms with E-state index in [1.165, 1.54) is 0 Å². The van der Waals surface area contributed by atoms with Crippen LogP contribution in [0, 0.1) is 25.1 Å². The fourth-order valence-corrected chi connectivity index (χ4v) is 1.90. The second kappa shape index (κ2) is 4.55. The maximum Gasteiger partial charge on any atom is 0.196 e. The Kier molecular flexibility index (Phi) is 2.87. The smallest absolute Gasteiger partial charge is 0.196 e. The van der Waals surface area contributed by atoms with Crippen LogP contribution in [0.5, 0.6) is 5.75 Å². The second-order valence-corrected chi connectivity index (χ2v) is 4.37. The van der Waals surface area contributed by atoms with Gasteiger partial charge < -0.3 is 10.0 Å². The Morgan fingerprint density at radius 3 is 3.00 bits per heavy atom. The van der Waals surface area contributed by atoms with Gasteiger partial charge in [0.25, 0.3) is 0 Å². The van der Waals surface area contributed by atoms with E-state index in [2.05, 4.69) is 6.07 Å². The molecule has 0 aromatic heterocycles. The highest BCUT2D eigenvalue weighted by atomic mass is 17.1. The minimum atomic E-state index is -0.422. The fourth-order valence-electron chi connectivity index (χ4n) is 1.90. The lowest BCUT2D eigenvalue weighted by Gasteiger charge is -2.17. The molecule has 2 aromatic rings. The summed E-state index contributed by atoms with van der Waals surface area (Å²) in [7, 11) is 0. The molecule has 1 atom stereocenters. The van der Waals surface area contributed by atoms with E-state index >= 15 is 0 Å². The number of rotatable bonds is 2. The number of aryl methyl sites for hydroxylation is 1. The normalized spacial score (nSPS) is 17.4. The first kappa shape index (κ1) is 12.0. The van der Waals surface area contributed by atoms with Crippen molar-refractivity contribution in [2.45, 2.75) is 13.8 Å². The van der Waals surface area contributed by atoms with E-state index in [9.17, 15) is 5.21 Å². The average Bonchev–Trinajstić information content (AvgIpc) is 2.73. The number of nitrogens with one attached hydrogen (secondary N) is 1. The largest absolute Gasteiger partial charge is 0.593 e. The molecule has 0 aliphatic carbocycles. The summed E-state index contributed by atoms with van der Waals surface area (Å²) in [6.07, 6.45) is 0. The maximum atomic E-state index is 11.7. The first-order chi connectivity index (χ1) is 9.16. The Bertz CT molecular complexity index is 615. The van der Waals surface area contributed by atoms with Crippen molar-refractivity contribution >= 4 is 11.4 Å². The Morgan fingerprint density at radius 2 is 2.16 bits per heavy atom. The Morgan fingerprint density at radius 1 is 1.32 bits per heavy atom. The van der Waals surface area contributed by atoms with Crippen molar-refractivity contribution in [1.29, 1.82) is 0 Å². The SMILES string of the molecule is Cc1cccc(ON2O[NH+]([O-])c3cc[c]cc32)c1C. The van der Waals surface area contributed by atoms with E-state index < -0.39 is 5.23 Å². The molecule has 5 nitrogen and oxygen atoms in total. The second-order valence-electron chi connectivity index (χ2n) is 4.37. The van der Waals surface area contributed by atoms with Gasteiger partial charge in [0.1, 0.15) is 0 Å². The van der Waals surface area contributed by atoms with Gasteiger partial charge in [-0.2, -0.15) is 5.23 Å². The van der Waals surface area contributed by atoms with Crippen molar-refractivity contribution in [2.24, 2.45) is 0 Å². The molecule has 19 heavy (non-hydrogen) atoms. The summed E-state index contributed by atoms with van der Waals surface area (Å²) in [6.45, 7) is 3.96. The number of benzene rings is 2. The van der Waals surface area contributed by atoms with Gasteiger partial charge in [-0.15, -0.1) is 0 Å². The third-order valence-corrected chi connectivity index (χ3v) is 3.16. The van der Waals surface area contributed by atoms with Crippen LogP contribution >= 0.6 is 0 Å². The fraction of sp³-hybridized carbons (Fsp3) is 0.143. The van der Waals surface area contributed by atoms with Crippen LogP contribution in [-0.2, 0) is 4.94 Å². The predicted octanol–water partition coefficient (Wildman–Crippen LogP) is 1.78. The molecule has 2 aromatic carbocycles.